The van der Waals surface area contributed by atoms with Crippen molar-refractivity contribution in [3.63, 3.8) is 0 Å². The zero-order chi connectivity index (χ0) is 13.7. The first-order valence-corrected chi connectivity index (χ1v) is 6.28. The summed E-state index contributed by atoms with van der Waals surface area (Å²) in [6.45, 7) is 5.16. The lowest BCUT2D eigenvalue weighted by Gasteiger charge is -2.23. The van der Waals surface area contributed by atoms with E-state index in [1.165, 1.54) is 0 Å². The largest absolute Gasteiger partial charge is 0.375 e. The van der Waals surface area contributed by atoms with Crippen molar-refractivity contribution in [3.05, 3.63) is 29.8 Å². The van der Waals surface area contributed by atoms with Crippen LogP contribution in [0.1, 0.15) is 30.6 Å². The van der Waals surface area contributed by atoms with Crippen molar-refractivity contribution in [2.24, 2.45) is 17.4 Å². The van der Waals surface area contributed by atoms with Crippen LogP contribution in [0.4, 0.5) is 5.69 Å². The molecule has 4 nitrogen and oxygen atoms in total. The normalized spacial score (nSPS) is 12.5. The Morgan fingerprint density at radius 3 is 2.28 bits per heavy atom. The molecule has 0 aliphatic carbocycles. The van der Waals surface area contributed by atoms with E-state index in [2.05, 4.69) is 18.7 Å². The highest BCUT2D eigenvalue weighted by molar-refractivity contribution is 5.93. The summed E-state index contributed by atoms with van der Waals surface area (Å²) >= 11 is 0. The van der Waals surface area contributed by atoms with E-state index in [9.17, 15) is 4.79 Å². The summed E-state index contributed by atoms with van der Waals surface area (Å²) in [5.74, 6) is 0.0988. The van der Waals surface area contributed by atoms with Crippen molar-refractivity contribution in [2.45, 2.75) is 26.3 Å². The number of anilines is 1. The third-order valence-corrected chi connectivity index (χ3v) is 3.25. The molecular weight excluding hydrogens is 226 g/mol. The first kappa shape index (κ1) is 14.5. The van der Waals surface area contributed by atoms with E-state index in [4.69, 9.17) is 11.5 Å². The zero-order valence-corrected chi connectivity index (χ0v) is 11.4. The smallest absolute Gasteiger partial charge is 0.248 e. The summed E-state index contributed by atoms with van der Waals surface area (Å²) in [6, 6.07) is 7.52. The number of hydrogen-bond acceptors (Lipinski definition) is 3. The lowest BCUT2D eigenvalue weighted by atomic mass is 10.0. The number of carbonyl (C=O) groups excluding carboxylic acids is 1. The maximum atomic E-state index is 11.0. The Bertz CT molecular complexity index is 387. The molecule has 1 amide bonds. The molecule has 0 radical (unpaired) electrons. The molecule has 1 aromatic carbocycles. The van der Waals surface area contributed by atoms with Gasteiger partial charge in [-0.25, -0.2) is 0 Å². The molecule has 4 N–H and O–H groups in total. The molecule has 0 bridgehead atoms. The molecule has 1 aromatic rings. The number of nitrogens with two attached hydrogens (primary N) is 2. The van der Waals surface area contributed by atoms with Gasteiger partial charge in [0.1, 0.15) is 0 Å². The predicted molar refractivity (Wildman–Crippen MR) is 75.7 cm³/mol. The Labute approximate surface area is 109 Å². The summed E-state index contributed by atoms with van der Waals surface area (Å²) in [5.41, 5.74) is 12.8. The van der Waals surface area contributed by atoms with E-state index in [-0.39, 0.29) is 6.04 Å². The summed E-state index contributed by atoms with van der Waals surface area (Å²) in [4.78, 5) is 13.1. The van der Waals surface area contributed by atoms with Gasteiger partial charge in [-0.2, -0.15) is 0 Å². The Hall–Kier alpha value is -1.55. The highest BCUT2D eigenvalue weighted by Gasteiger charge is 2.09. The summed E-state index contributed by atoms with van der Waals surface area (Å²) in [7, 11) is 2.02. The second-order valence-electron chi connectivity index (χ2n) is 5.03. The van der Waals surface area contributed by atoms with Crippen molar-refractivity contribution in [1.82, 2.24) is 0 Å². The number of hydrogen-bond donors (Lipinski definition) is 2. The van der Waals surface area contributed by atoms with Crippen LogP contribution in [0.3, 0.4) is 0 Å². The third kappa shape index (κ3) is 4.04. The molecule has 1 atom stereocenters. The van der Waals surface area contributed by atoms with E-state index in [1.54, 1.807) is 12.1 Å². The number of benzene rings is 1. The van der Waals surface area contributed by atoms with Crippen molar-refractivity contribution in [3.8, 4) is 0 Å². The van der Waals surface area contributed by atoms with Crippen LogP contribution in [0.25, 0.3) is 0 Å². The minimum Gasteiger partial charge on any atom is -0.375 e. The number of rotatable bonds is 6. The van der Waals surface area contributed by atoms with E-state index in [0.29, 0.717) is 11.5 Å². The van der Waals surface area contributed by atoms with Gasteiger partial charge in [0.05, 0.1) is 0 Å². The second-order valence-corrected chi connectivity index (χ2v) is 5.03. The van der Waals surface area contributed by atoms with Crippen molar-refractivity contribution in [1.29, 1.82) is 0 Å². The standard InChI is InChI=1S/C14H23N3O/c1-10(2)13(15)8-9-17(3)12-6-4-11(5-7-12)14(16)18/h4-7,10,13H,8-9,15H2,1-3H3,(H2,16,18). The molecule has 4 heteroatoms. The third-order valence-electron chi connectivity index (χ3n) is 3.25. The van der Waals surface area contributed by atoms with Gasteiger partial charge in [-0.05, 0) is 36.6 Å². The van der Waals surface area contributed by atoms with Crippen LogP contribution < -0.4 is 16.4 Å². The number of carbonyl (C=O) groups is 1. The minimum atomic E-state index is -0.397. The van der Waals surface area contributed by atoms with Crippen molar-refractivity contribution < 1.29 is 4.79 Å². The minimum absolute atomic E-state index is 0.220. The van der Waals surface area contributed by atoms with Crippen LogP contribution in [0.5, 0.6) is 0 Å². The maximum absolute atomic E-state index is 11.0. The fraction of sp³-hybridized carbons (Fsp3) is 0.500. The monoisotopic (exact) mass is 249 g/mol. The SMILES string of the molecule is CC(C)C(N)CCN(C)c1ccc(C(N)=O)cc1. The molecule has 18 heavy (non-hydrogen) atoms. The lowest BCUT2D eigenvalue weighted by molar-refractivity contribution is 0.100. The molecule has 0 aromatic heterocycles. The van der Waals surface area contributed by atoms with Gasteiger partial charge in [0.25, 0.3) is 0 Å². The lowest BCUT2D eigenvalue weighted by Crippen LogP contribution is -2.31. The Kier molecular flexibility index (Phi) is 5.16. The molecule has 0 spiro atoms. The maximum Gasteiger partial charge on any atom is 0.248 e. The Morgan fingerprint density at radius 1 is 1.28 bits per heavy atom. The highest BCUT2D eigenvalue weighted by Crippen LogP contribution is 2.15. The average Bonchev–Trinajstić information content (AvgIpc) is 2.35. The Balaban J connectivity index is 2.56. The number of nitrogens with zero attached hydrogens (tertiary/aromatic N) is 1. The highest BCUT2D eigenvalue weighted by atomic mass is 16.1. The molecule has 100 valence electrons. The van der Waals surface area contributed by atoms with Gasteiger partial charge in [-0.1, -0.05) is 13.8 Å². The van der Waals surface area contributed by atoms with Gasteiger partial charge in [0.2, 0.25) is 5.91 Å². The van der Waals surface area contributed by atoms with Crippen molar-refractivity contribution in [2.75, 3.05) is 18.5 Å². The summed E-state index contributed by atoms with van der Waals surface area (Å²) in [6.07, 6.45) is 0.950. The van der Waals surface area contributed by atoms with Gasteiger partial charge in [-0.15, -0.1) is 0 Å². The van der Waals surface area contributed by atoms with Gasteiger partial charge in [-0.3, -0.25) is 4.79 Å². The number of amides is 1. The van der Waals surface area contributed by atoms with Gasteiger partial charge in [0.15, 0.2) is 0 Å². The quantitative estimate of drug-likeness (QED) is 0.804. The second kappa shape index (κ2) is 6.40. The molecular formula is C14H23N3O. The van der Waals surface area contributed by atoms with Gasteiger partial charge >= 0.3 is 0 Å². The van der Waals surface area contributed by atoms with Crippen LogP contribution in [0.15, 0.2) is 24.3 Å². The van der Waals surface area contributed by atoms with Crippen LogP contribution in [-0.2, 0) is 0 Å². The van der Waals surface area contributed by atoms with E-state index in [0.717, 1.165) is 18.7 Å². The summed E-state index contributed by atoms with van der Waals surface area (Å²) in [5, 5.41) is 0. The van der Waals surface area contributed by atoms with E-state index < -0.39 is 5.91 Å². The number of primary amides is 1. The predicted octanol–water partition coefficient (Wildman–Crippen LogP) is 1.60. The molecule has 0 aliphatic heterocycles. The topological polar surface area (TPSA) is 72.3 Å². The van der Waals surface area contributed by atoms with Gasteiger partial charge in [0, 0.05) is 30.9 Å². The van der Waals surface area contributed by atoms with E-state index >= 15 is 0 Å². The first-order chi connectivity index (χ1) is 8.41. The Morgan fingerprint density at radius 2 is 1.83 bits per heavy atom. The first-order valence-electron chi connectivity index (χ1n) is 6.28. The molecule has 0 aliphatic rings. The van der Waals surface area contributed by atoms with Crippen LogP contribution in [-0.4, -0.2) is 25.5 Å². The molecule has 1 unspecified atom stereocenters. The molecule has 0 heterocycles. The fourth-order valence-electron chi connectivity index (χ4n) is 1.69. The fourth-order valence-corrected chi connectivity index (χ4v) is 1.69. The van der Waals surface area contributed by atoms with Crippen LogP contribution in [0, 0.1) is 5.92 Å². The zero-order valence-electron chi connectivity index (χ0n) is 11.4. The van der Waals surface area contributed by atoms with Crippen LogP contribution in [0.2, 0.25) is 0 Å². The molecule has 0 fully saturated rings. The van der Waals surface area contributed by atoms with Crippen LogP contribution >= 0.6 is 0 Å². The van der Waals surface area contributed by atoms with E-state index in [1.807, 2.05) is 19.2 Å². The summed E-state index contributed by atoms with van der Waals surface area (Å²) < 4.78 is 0. The average molecular weight is 249 g/mol. The molecule has 0 saturated heterocycles. The van der Waals surface area contributed by atoms with Gasteiger partial charge < -0.3 is 16.4 Å². The van der Waals surface area contributed by atoms with Crippen molar-refractivity contribution >= 4 is 11.6 Å². The molecule has 0 saturated carbocycles. The molecule has 1 rings (SSSR count).